The fourth-order valence-corrected chi connectivity index (χ4v) is 3.86. The Morgan fingerprint density at radius 2 is 1.66 bits per heavy atom. The molecule has 0 saturated carbocycles. The highest BCUT2D eigenvalue weighted by Gasteiger charge is 2.49. The number of fused-ring (bicyclic) bond motifs is 2. The van der Waals surface area contributed by atoms with E-state index in [-0.39, 0.29) is 17.2 Å². The van der Waals surface area contributed by atoms with Gasteiger partial charge in [0.1, 0.15) is 6.04 Å². The first kappa shape index (κ1) is 18.8. The Hall–Kier alpha value is -3.55. The van der Waals surface area contributed by atoms with Gasteiger partial charge in [0.25, 0.3) is 5.91 Å². The van der Waals surface area contributed by atoms with E-state index in [1.165, 1.54) is 38.4 Å². The van der Waals surface area contributed by atoms with Gasteiger partial charge in [0.2, 0.25) is 0 Å². The quantitative estimate of drug-likeness (QED) is 0.583. The van der Waals surface area contributed by atoms with Gasteiger partial charge in [0.05, 0.1) is 32.6 Å². The smallest absolute Gasteiger partial charge is 0.340 e. The molecule has 4 rings (SSSR count). The molecule has 0 N–H and O–H groups in total. The Bertz CT molecular complexity index is 975. The predicted octanol–water partition coefficient (Wildman–Crippen LogP) is 2.38. The number of hydrogen-bond acceptors (Lipinski definition) is 6. The van der Waals surface area contributed by atoms with Crippen molar-refractivity contribution in [2.45, 2.75) is 19.0 Å². The SMILES string of the molecule is COC(=O)c1cc(OC)c(OC)cc1N1C(=O)[C@H]2Cc3ccccc3CN2C1=O. The number of amides is 3. The van der Waals surface area contributed by atoms with E-state index in [4.69, 9.17) is 14.2 Å². The van der Waals surface area contributed by atoms with Gasteiger partial charge in [-0.25, -0.2) is 14.5 Å². The molecule has 2 heterocycles. The average molecular weight is 396 g/mol. The number of benzene rings is 2. The summed E-state index contributed by atoms with van der Waals surface area (Å²) in [5, 5.41) is 0. The third kappa shape index (κ3) is 2.88. The van der Waals surface area contributed by atoms with Crippen molar-refractivity contribution >= 4 is 23.6 Å². The molecule has 1 saturated heterocycles. The maximum absolute atomic E-state index is 13.2. The summed E-state index contributed by atoms with van der Waals surface area (Å²) in [5.41, 5.74) is 2.21. The molecule has 1 fully saturated rings. The minimum Gasteiger partial charge on any atom is -0.493 e. The van der Waals surface area contributed by atoms with Crippen LogP contribution in [-0.4, -0.2) is 50.2 Å². The van der Waals surface area contributed by atoms with E-state index in [2.05, 4.69) is 0 Å². The van der Waals surface area contributed by atoms with Gasteiger partial charge in [-0.1, -0.05) is 24.3 Å². The van der Waals surface area contributed by atoms with E-state index in [9.17, 15) is 14.4 Å². The lowest BCUT2D eigenvalue weighted by molar-refractivity contribution is -0.120. The zero-order valence-corrected chi connectivity index (χ0v) is 16.3. The number of rotatable bonds is 4. The van der Waals surface area contributed by atoms with E-state index in [1.54, 1.807) is 0 Å². The number of carbonyl (C=O) groups is 3. The van der Waals surface area contributed by atoms with Crippen LogP contribution in [0, 0.1) is 0 Å². The number of anilines is 1. The van der Waals surface area contributed by atoms with Crippen molar-refractivity contribution < 1.29 is 28.6 Å². The van der Waals surface area contributed by atoms with Crippen LogP contribution in [0.3, 0.4) is 0 Å². The number of carbonyl (C=O) groups excluding carboxylic acids is 3. The minimum atomic E-state index is -0.685. The lowest BCUT2D eigenvalue weighted by atomic mass is 9.95. The molecule has 0 spiro atoms. The Kier molecular flexibility index (Phi) is 4.62. The number of nitrogens with zero attached hydrogens (tertiary/aromatic N) is 2. The molecule has 3 amide bonds. The topological polar surface area (TPSA) is 85.4 Å². The van der Waals surface area contributed by atoms with Crippen molar-refractivity contribution in [2.24, 2.45) is 0 Å². The molecule has 0 bridgehead atoms. The summed E-state index contributed by atoms with van der Waals surface area (Å²) in [6.07, 6.45) is 0.429. The maximum atomic E-state index is 13.2. The van der Waals surface area contributed by atoms with Gasteiger partial charge in [-0.2, -0.15) is 0 Å². The molecule has 0 aliphatic carbocycles. The van der Waals surface area contributed by atoms with Crippen molar-refractivity contribution in [1.82, 2.24) is 4.90 Å². The molecule has 8 nitrogen and oxygen atoms in total. The fraction of sp³-hybridized carbons (Fsp3) is 0.286. The Labute approximate surface area is 167 Å². The molecular weight excluding hydrogens is 376 g/mol. The van der Waals surface area contributed by atoms with Gasteiger partial charge in [-0.3, -0.25) is 4.79 Å². The molecule has 0 aromatic heterocycles. The first-order valence-corrected chi connectivity index (χ1v) is 9.05. The fourth-order valence-electron chi connectivity index (χ4n) is 3.86. The van der Waals surface area contributed by atoms with Gasteiger partial charge in [-0.05, 0) is 11.1 Å². The highest BCUT2D eigenvalue weighted by molar-refractivity contribution is 6.23. The second-order valence-corrected chi connectivity index (χ2v) is 6.79. The summed E-state index contributed by atoms with van der Waals surface area (Å²) < 4.78 is 15.4. The zero-order chi connectivity index (χ0) is 20.7. The van der Waals surface area contributed by atoms with Crippen molar-refractivity contribution in [2.75, 3.05) is 26.2 Å². The Morgan fingerprint density at radius 3 is 2.31 bits per heavy atom. The number of hydrogen-bond donors (Lipinski definition) is 0. The first-order valence-electron chi connectivity index (χ1n) is 9.05. The third-order valence-corrected chi connectivity index (χ3v) is 5.34. The second kappa shape index (κ2) is 7.12. The summed E-state index contributed by atoms with van der Waals surface area (Å²) in [6, 6.07) is 9.49. The minimum absolute atomic E-state index is 0.0456. The zero-order valence-electron chi connectivity index (χ0n) is 16.3. The van der Waals surface area contributed by atoms with Gasteiger partial charge in [0.15, 0.2) is 11.5 Å². The van der Waals surface area contributed by atoms with Crippen LogP contribution in [-0.2, 0) is 22.5 Å². The molecular formula is C21H20N2O6. The van der Waals surface area contributed by atoms with Crippen LogP contribution in [0.4, 0.5) is 10.5 Å². The van der Waals surface area contributed by atoms with E-state index >= 15 is 0 Å². The van der Waals surface area contributed by atoms with Crippen LogP contribution < -0.4 is 14.4 Å². The molecule has 2 aliphatic heterocycles. The predicted molar refractivity (Wildman–Crippen MR) is 103 cm³/mol. The van der Waals surface area contributed by atoms with E-state index in [0.717, 1.165) is 16.0 Å². The summed E-state index contributed by atoms with van der Waals surface area (Å²) in [7, 11) is 4.10. The van der Waals surface area contributed by atoms with Crippen molar-refractivity contribution in [3.8, 4) is 11.5 Å². The van der Waals surface area contributed by atoms with E-state index in [1.807, 2.05) is 24.3 Å². The van der Waals surface area contributed by atoms with Gasteiger partial charge < -0.3 is 19.1 Å². The van der Waals surface area contributed by atoms with Gasteiger partial charge in [-0.15, -0.1) is 0 Å². The van der Waals surface area contributed by atoms with Crippen molar-refractivity contribution in [1.29, 1.82) is 0 Å². The molecule has 2 aromatic rings. The monoisotopic (exact) mass is 396 g/mol. The number of esters is 1. The summed E-state index contributed by atoms with van der Waals surface area (Å²) >= 11 is 0. The highest BCUT2D eigenvalue weighted by atomic mass is 16.5. The molecule has 0 radical (unpaired) electrons. The highest BCUT2D eigenvalue weighted by Crippen LogP contribution is 2.39. The van der Waals surface area contributed by atoms with Crippen LogP contribution in [0.25, 0.3) is 0 Å². The van der Waals surface area contributed by atoms with E-state index in [0.29, 0.717) is 24.5 Å². The van der Waals surface area contributed by atoms with Gasteiger partial charge in [0, 0.05) is 25.1 Å². The van der Waals surface area contributed by atoms with Crippen LogP contribution >= 0.6 is 0 Å². The maximum Gasteiger partial charge on any atom is 0.340 e. The molecule has 2 aromatic carbocycles. The second-order valence-electron chi connectivity index (χ2n) is 6.79. The Morgan fingerprint density at radius 1 is 1.00 bits per heavy atom. The molecule has 8 heteroatoms. The van der Waals surface area contributed by atoms with Crippen LogP contribution in [0.5, 0.6) is 11.5 Å². The van der Waals surface area contributed by atoms with Crippen molar-refractivity contribution in [3.05, 3.63) is 53.1 Å². The normalized spacial score (nSPS) is 17.7. The van der Waals surface area contributed by atoms with Crippen LogP contribution in [0.15, 0.2) is 36.4 Å². The van der Waals surface area contributed by atoms with Crippen LogP contribution in [0.2, 0.25) is 0 Å². The number of imide groups is 1. The lowest BCUT2D eigenvalue weighted by Gasteiger charge is -2.28. The summed E-state index contributed by atoms with van der Waals surface area (Å²) in [5.74, 6) is -0.485. The van der Waals surface area contributed by atoms with Crippen LogP contribution in [0.1, 0.15) is 21.5 Å². The third-order valence-electron chi connectivity index (χ3n) is 5.34. The molecule has 2 aliphatic rings. The molecule has 0 unspecified atom stereocenters. The lowest BCUT2D eigenvalue weighted by Crippen LogP contribution is -2.39. The van der Waals surface area contributed by atoms with Gasteiger partial charge >= 0.3 is 12.0 Å². The largest absolute Gasteiger partial charge is 0.493 e. The average Bonchev–Trinajstić information content (AvgIpc) is 3.00. The molecule has 29 heavy (non-hydrogen) atoms. The summed E-state index contributed by atoms with van der Waals surface area (Å²) in [6.45, 7) is 0.336. The molecule has 1 atom stereocenters. The first-order chi connectivity index (χ1) is 14.0. The standard InChI is InChI=1S/C21H20N2O6/c1-27-17-9-14(20(25)29-3)15(10-18(17)28-2)23-19(24)16-8-12-6-4-5-7-13(12)11-22(16)21(23)26/h4-7,9-10,16H,8,11H2,1-3H3/t16-/m1/s1. The number of urea groups is 1. The summed E-state index contributed by atoms with van der Waals surface area (Å²) in [4.78, 5) is 41.3. The Balaban J connectivity index is 1.80. The molecule has 150 valence electrons. The van der Waals surface area contributed by atoms with E-state index < -0.39 is 18.0 Å². The number of methoxy groups -OCH3 is 3. The van der Waals surface area contributed by atoms with Crippen molar-refractivity contribution in [3.63, 3.8) is 0 Å². The number of ether oxygens (including phenoxy) is 3.